The highest BCUT2D eigenvalue weighted by atomic mass is 16.1. The number of rotatable bonds is 3. The average molecular weight is 218 g/mol. The quantitative estimate of drug-likeness (QED) is 0.845. The van der Waals surface area contributed by atoms with Crippen molar-refractivity contribution in [3.63, 3.8) is 0 Å². The maximum absolute atomic E-state index is 11.3. The molecule has 1 amide bonds. The van der Waals surface area contributed by atoms with Crippen molar-refractivity contribution in [2.75, 3.05) is 23.3 Å². The Hall–Kier alpha value is -1.51. The molecule has 0 aliphatic carbocycles. The van der Waals surface area contributed by atoms with Gasteiger partial charge in [0.25, 0.3) is 0 Å². The van der Waals surface area contributed by atoms with Crippen molar-refractivity contribution in [1.29, 1.82) is 0 Å². The highest BCUT2D eigenvalue weighted by molar-refractivity contribution is 5.94. The molecular weight excluding hydrogens is 200 g/mol. The second-order valence-electron chi connectivity index (χ2n) is 4.06. The lowest BCUT2D eigenvalue weighted by atomic mass is 10.0. The Labute approximate surface area is 96.5 Å². The molecule has 1 aliphatic heterocycles. The zero-order chi connectivity index (χ0) is 11.5. The zero-order valence-corrected chi connectivity index (χ0v) is 9.92. The molecule has 3 nitrogen and oxygen atoms in total. The standard InChI is InChI=1S/C13H18N2O/c1-3-15(4-2)11-7-5-10-6-8-13(16)14-12(10)9-11/h5,7,9H,3-4,6,8H2,1-2H3,(H,14,16). The van der Waals surface area contributed by atoms with Gasteiger partial charge in [-0.05, 0) is 38.0 Å². The largest absolute Gasteiger partial charge is 0.372 e. The molecule has 3 heteroatoms. The normalized spacial score (nSPS) is 14.2. The Kier molecular flexibility index (Phi) is 3.13. The van der Waals surface area contributed by atoms with Crippen molar-refractivity contribution in [2.24, 2.45) is 0 Å². The molecule has 0 saturated heterocycles. The van der Waals surface area contributed by atoms with Gasteiger partial charge in [-0.2, -0.15) is 0 Å². The summed E-state index contributed by atoms with van der Waals surface area (Å²) in [6, 6.07) is 6.35. The van der Waals surface area contributed by atoms with E-state index in [-0.39, 0.29) is 5.91 Å². The van der Waals surface area contributed by atoms with E-state index < -0.39 is 0 Å². The number of anilines is 2. The monoisotopic (exact) mass is 218 g/mol. The van der Waals surface area contributed by atoms with E-state index in [0.717, 1.165) is 25.2 Å². The summed E-state index contributed by atoms with van der Waals surface area (Å²) in [5.41, 5.74) is 3.42. The third-order valence-corrected chi connectivity index (χ3v) is 3.12. The van der Waals surface area contributed by atoms with Gasteiger partial charge in [-0.1, -0.05) is 6.07 Å². The van der Waals surface area contributed by atoms with Gasteiger partial charge in [0.1, 0.15) is 0 Å². The summed E-state index contributed by atoms with van der Waals surface area (Å²) in [6.45, 7) is 6.26. The molecule has 0 aromatic heterocycles. The van der Waals surface area contributed by atoms with E-state index in [2.05, 4.69) is 42.3 Å². The predicted molar refractivity (Wildman–Crippen MR) is 67.0 cm³/mol. The Morgan fingerprint density at radius 2 is 2.00 bits per heavy atom. The summed E-state index contributed by atoms with van der Waals surface area (Å²) in [7, 11) is 0. The van der Waals surface area contributed by atoms with Crippen LogP contribution in [0.2, 0.25) is 0 Å². The fourth-order valence-corrected chi connectivity index (χ4v) is 2.15. The van der Waals surface area contributed by atoms with Crippen molar-refractivity contribution in [1.82, 2.24) is 0 Å². The maximum Gasteiger partial charge on any atom is 0.224 e. The molecule has 0 bridgehead atoms. The van der Waals surface area contributed by atoms with E-state index >= 15 is 0 Å². The molecule has 16 heavy (non-hydrogen) atoms. The summed E-state index contributed by atoms with van der Waals surface area (Å²) in [5, 5.41) is 2.94. The minimum absolute atomic E-state index is 0.129. The summed E-state index contributed by atoms with van der Waals surface area (Å²) in [6.07, 6.45) is 1.47. The smallest absolute Gasteiger partial charge is 0.224 e. The molecule has 1 aliphatic rings. The molecule has 1 N–H and O–H groups in total. The van der Waals surface area contributed by atoms with E-state index in [1.54, 1.807) is 0 Å². The predicted octanol–water partition coefficient (Wildman–Crippen LogP) is 2.42. The summed E-state index contributed by atoms with van der Waals surface area (Å²) >= 11 is 0. The fourth-order valence-electron chi connectivity index (χ4n) is 2.15. The van der Waals surface area contributed by atoms with Crippen LogP contribution in [-0.2, 0) is 11.2 Å². The number of carbonyl (C=O) groups excluding carboxylic acids is 1. The number of hydrogen-bond donors (Lipinski definition) is 1. The van der Waals surface area contributed by atoms with E-state index in [1.165, 1.54) is 11.3 Å². The SMILES string of the molecule is CCN(CC)c1ccc2c(c1)NC(=O)CC2. The Morgan fingerprint density at radius 1 is 1.25 bits per heavy atom. The van der Waals surface area contributed by atoms with Crippen LogP contribution in [0.5, 0.6) is 0 Å². The number of benzene rings is 1. The summed E-state index contributed by atoms with van der Waals surface area (Å²) < 4.78 is 0. The van der Waals surface area contributed by atoms with Crippen LogP contribution in [0.15, 0.2) is 18.2 Å². The van der Waals surface area contributed by atoms with Crippen molar-refractivity contribution in [3.05, 3.63) is 23.8 Å². The summed E-state index contributed by atoms with van der Waals surface area (Å²) in [5.74, 6) is 0.129. The van der Waals surface area contributed by atoms with Gasteiger partial charge in [0.05, 0.1) is 0 Å². The molecule has 1 aromatic rings. The van der Waals surface area contributed by atoms with Crippen molar-refractivity contribution in [2.45, 2.75) is 26.7 Å². The summed E-state index contributed by atoms with van der Waals surface area (Å²) in [4.78, 5) is 13.6. The van der Waals surface area contributed by atoms with Crippen LogP contribution in [-0.4, -0.2) is 19.0 Å². The molecule has 0 unspecified atom stereocenters. The van der Waals surface area contributed by atoms with Crippen LogP contribution in [0.1, 0.15) is 25.8 Å². The van der Waals surface area contributed by atoms with Gasteiger partial charge in [0.2, 0.25) is 5.91 Å². The number of fused-ring (bicyclic) bond motifs is 1. The molecule has 2 rings (SSSR count). The van der Waals surface area contributed by atoms with Crippen LogP contribution in [0, 0.1) is 0 Å². The van der Waals surface area contributed by atoms with Gasteiger partial charge in [-0.25, -0.2) is 0 Å². The van der Waals surface area contributed by atoms with Crippen LogP contribution in [0.4, 0.5) is 11.4 Å². The highest BCUT2D eigenvalue weighted by Crippen LogP contribution is 2.27. The lowest BCUT2D eigenvalue weighted by Gasteiger charge is -2.24. The molecule has 0 atom stereocenters. The first kappa shape index (κ1) is 11.0. The number of amides is 1. The van der Waals surface area contributed by atoms with Crippen LogP contribution >= 0.6 is 0 Å². The van der Waals surface area contributed by atoms with Gasteiger partial charge in [0, 0.05) is 30.9 Å². The van der Waals surface area contributed by atoms with Crippen molar-refractivity contribution >= 4 is 17.3 Å². The number of carbonyl (C=O) groups is 1. The Bertz CT molecular complexity index is 397. The van der Waals surface area contributed by atoms with Crippen LogP contribution in [0.25, 0.3) is 0 Å². The third-order valence-electron chi connectivity index (χ3n) is 3.12. The van der Waals surface area contributed by atoms with E-state index in [1.807, 2.05) is 0 Å². The topological polar surface area (TPSA) is 32.3 Å². The Balaban J connectivity index is 2.30. The van der Waals surface area contributed by atoms with Crippen molar-refractivity contribution in [3.8, 4) is 0 Å². The minimum Gasteiger partial charge on any atom is -0.372 e. The van der Waals surface area contributed by atoms with E-state index in [4.69, 9.17) is 0 Å². The molecule has 0 fully saturated rings. The first-order valence-electron chi connectivity index (χ1n) is 5.92. The average Bonchev–Trinajstić information content (AvgIpc) is 2.30. The molecule has 86 valence electrons. The second-order valence-corrected chi connectivity index (χ2v) is 4.06. The van der Waals surface area contributed by atoms with Crippen LogP contribution < -0.4 is 10.2 Å². The van der Waals surface area contributed by atoms with Gasteiger partial charge < -0.3 is 10.2 Å². The number of aryl methyl sites for hydroxylation is 1. The van der Waals surface area contributed by atoms with E-state index in [0.29, 0.717) is 6.42 Å². The third kappa shape index (κ3) is 2.03. The first-order valence-corrected chi connectivity index (χ1v) is 5.92. The first-order chi connectivity index (χ1) is 7.74. The molecule has 1 heterocycles. The van der Waals surface area contributed by atoms with Crippen LogP contribution in [0.3, 0.4) is 0 Å². The molecule has 0 spiro atoms. The lowest BCUT2D eigenvalue weighted by Crippen LogP contribution is -2.23. The van der Waals surface area contributed by atoms with Crippen molar-refractivity contribution < 1.29 is 4.79 Å². The molecular formula is C13H18N2O. The molecule has 0 saturated carbocycles. The van der Waals surface area contributed by atoms with Gasteiger partial charge in [0.15, 0.2) is 0 Å². The Morgan fingerprint density at radius 3 is 2.69 bits per heavy atom. The lowest BCUT2D eigenvalue weighted by molar-refractivity contribution is -0.116. The number of hydrogen-bond acceptors (Lipinski definition) is 2. The van der Waals surface area contributed by atoms with Gasteiger partial charge in [-0.3, -0.25) is 4.79 Å². The van der Waals surface area contributed by atoms with E-state index in [9.17, 15) is 4.79 Å². The maximum atomic E-state index is 11.3. The van der Waals surface area contributed by atoms with Gasteiger partial charge in [-0.15, -0.1) is 0 Å². The van der Waals surface area contributed by atoms with Gasteiger partial charge >= 0.3 is 0 Å². The number of nitrogens with one attached hydrogen (secondary N) is 1. The highest BCUT2D eigenvalue weighted by Gasteiger charge is 2.15. The minimum atomic E-state index is 0.129. The molecule has 0 radical (unpaired) electrons. The fraction of sp³-hybridized carbons (Fsp3) is 0.462. The molecule has 1 aromatic carbocycles. The second kappa shape index (κ2) is 4.56. The number of nitrogens with zero attached hydrogens (tertiary/aromatic N) is 1. The zero-order valence-electron chi connectivity index (χ0n) is 9.92.